The summed E-state index contributed by atoms with van der Waals surface area (Å²) < 4.78 is 10.9. The molecule has 0 bridgehead atoms. The Kier molecular flexibility index (Phi) is 7.08. The quantitative estimate of drug-likeness (QED) is 0.517. The molecular formula is C23H19ClN2O4. The van der Waals surface area contributed by atoms with Gasteiger partial charge in [0.05, 0.1) is 5.02 Å². The van der Waals surface area contributed by atoms with Gasteiger partial charge in [-0.15, -0.1) is 0 Å². The molecule has 7 heteroatoms. The zero-order chi connectivity index (χ0) is 21.3. The van der Waals surface area contributed by atoms with E-state index in [2.05, 4.69) is 5.32 Å². The average molecular weight is 423 g/mol. The molecule has 6 nitrogen and oxygen atoms in total. The summed E-state index contributed by atoms with van der Waals surface area (Å²) >= 11 is 6.08. The van der Waals surface area contributed by atoms with E-state index in [0.29, 0.717) is 28.0 Å². The summed E-state index contributed by atoms with van der Waals surface area (Å²) in [5.74, 6) is 0.873. The van der Waals surface area contributed by atoms with Crippen molar-refractivity contribution in [1.29, 1.82) is 0 Å². The molecule has 152 valence electrons. The van der Waals surface area contributed by atoms with Crippen LogP contribution < -0.4 is 20.5 Å². The maximum atomic E-state index is 12.1. The van der Waals surface area contributed by atoms with E-state index in [1.54, 1.807) is 66.7 Å². The van der Waals surface area contributed by atoms with Crippen molar-refractivity contribution in [3.63, 3.8) is 0 Å². The van der Waals surface area contributed by atoms with Crippen molar-refractivity contribution in [3.05, 3.63) is 89.5 Å². The molecule has 3 rings (SSSR count). The van der Waals surface area contributed by atoms with Gasteiger partial charge in [0.2, 0.25) is 5.91 Å². The highest BCUT2D eigenvalue weighted by Crippen LogP contribution is 2.29. The van der Waals surface area contributed by atoms with Gasteiger partial charge in [0.25, 0.3) is 5.91 Å². The molecule has 0 fully saturated rings. The first-order valence-corrected chi connectivity index (χ1v) is 9.40. The van der Waals surface area contributed by atoms with Crippen LogP contribution in [-0.2, 0) is 9.59 Å². The van der Waals surface area contributed by atoms with Gasteiger partial charge in [-0.25, -0.2) is 0 Å². The van der Waals surface area contributed by atoms with E-state index < -0.39 is 5.91 Å². The smallest absolute Gasteiger partial charge is 0.255 e. The maximum Gasteiger partial charge on any atom is 0.255 e. The summed E-state index contributed by atoms with van der Waals surface area (Å²) in [6, 6.07) is 21.1. The Hall–Kier alpha value is -3.77. The average Bonchev–Trinajstić information content (AvgIpc) is 2.74. The largest absolute Gasteiger partial charge is 0.484 e. The van der Waals surface area contributed by atoms with Crippen molar-refractivity contribution in [2.75, 3.05) is 11.9 Å². The Bertz CT molecular complexity index is 1050. The Morgan fingerprint density at radius 3 is 2.27 bits per heavy atom. The van der Waals surface area contributed by atoms with Crippen LogP contribution in [0.2, 0.25) is 5.02 Å². The normalized spacial score (nSPS) is 10.6. The third-order valence-electron chi connectivity index (χ3n) is 3.87. The number of hydrogen-bond donors (Lipinski definition) is 2. The molecule has 30 heavy (non-hydrogen) atoms. The molecule has 2 amide bonds. The van der Waals surface area contributed by atoms with Gasteiger partial charge in [-0.05, 0) is 60.2 Å². The van der Waals surface area contributed by atoms with Crippen LogP contribution in [0.3, 0.4) is 0 Å². The predicted molar refractivity (Wildman–Crippen MR) is 117 cm³/mol. The third kappa shape index (κ3) is 6.39. The van der Waals surface area contributed by atoms with Crippen LogP contribution in [0.4, 0.5) is 5.69 Å². The first-order chi connectivity index (χ1) is 14.5. The van der Waals surface area contributed by atoms with E-state index in [4.69, 9.17) is 26.8 Å². The number of rotatable bonds is 8. The number of amides is 2. The number of hydrogen-bond acceptors (Lipinski definition) is 4. The van der Waals surface area contributed by atoms with E-state index >= 15 is 0 Å². The molecule has 0 radical (unpaired) electrons. The molecule has 0 saturated heterocycles. The van der Waals surface area contributed by atoms with Crippen LogP contribution in [0.25, 0.3) is 6.08 Å². The molecule has 0 aliphatic carbocycles. The van der Waals surface area contributed by atoms with Crippen molar-refractivity contribution < 1.29 is 19.1 Å². The summed E-state index contributed by atoms with van der Waals surface area (Å²) in [5.41, 5.74) is 6.47. The second kappa shape index (κ2) is 10.1. The van der Waals surface area contributed by atoms with Gasteiger partial charge in [0.15, 0.2) is 6.61 Å². The maximum absolute atomic E-state index is 12.1. The van der Waals surface area contributed by atoms with E-state index in [0.717, 1.165) is 5.56 Å². The lowest BCUT2D eigenvalue weighted by Crippen LogP contribution is -2.19. The zero-order valence-corrected chi connectivity index (χ0v) is 16.6. The first kappa shape index (κ1) is 21.0. The van der Waals surface area contributed by atoms with Crippen LogP contribution in [0.5, 0.6) is 17.2 Å². The van der Waals surface area contributed by atoms with Crippen molar-refractivity contribution in [1.82, 2.24) is 0 Å². The molecule has 0 aliphatic rings. The Morgan fingerprint density at radius 1 is 0.933 bits per heavy atom. The lowest BCUT2D eigenvalue weighted by molar-refractivity contribution is -0.120. The van der Waals surface area contributed by atoms with Gasteiger partial charge in [0, 0.05) is 11.8 Å². The van der Waals surface area contributed by atoms with Gasteiger partial charge in [-0.2, -0.15) is 0 Å². The second-order valence-corrected chi connectivity index (χ2v) is 6.61. The number of nitrogens with two attached hydrogens (primary N) is 1. The van der Waals surface area contributed by atoms with Gasteiger partial charge in [-0.3, -0.25) is 9.59 Å². The topological polar surface area (TPSA) is 90.7 Å². The van der Waals surface area contributed by atoms with Crippen molar-refractivity contribution in [3.8, 4) is 17.2 Å². The molecule has 0 unspecified atom stereocenters. The number of benzene rings is 3. The summed E-state index contributed by atoms with van der Waals surface area (Å²) in [5, 5.41) is 3.30. The molecule has 0 aliphatic heterocycles. The number of anilines is 1. The van der Waals surface area contributed by atoms with Crippen molar-refractivity contribution >= 4 is 35.2 Å². The fraction of sp³-hybridized carbons (Fsp3) is 0.0435. The fourth-order valence-electron chi connectivity index (χ4n) is 2.45. The number of carbonyl (C=O) groups is 2. The highest BCUT2D eigenvalue weighted by atomic mass is 35.5. The Labute approximate surface area is 178 Å². The third-order valence-corrected chi connectivity index (χ3v) is 4.19. The SMILES string of the molecule is NC(=O)COc1ccc(/C=C/C(=O)Nc2ccc(Oc3ccccc3Cl)cc2)cc1. The van der Waals surface area contributed by atoms with Crippen molar-refractivity contribution in [2.24, 2.45) is 5.73 Å². The van der Waals surface area contributed by atoms with Gasteiger partial charge in [0.1, 0.15) is 17.2 Å². The number of halogens is 1. The lowest BCUT2D eigenvalue weighted by atomic mass is 10.2. The van der Waals surface area contributed by atoms with E-state index in [1.165, 1.54) is 6.08 Å². The minimum absolute atomic E-state index is 0.181. The number of primary amides is 1. The molecule has 0 spiro atoms. The van der Waals surface area contributed by atoms with Crippen LogP contribution in [0.15, 0.2) is 78.9 Å². The Morgan fingerprint density at radius 2 is 1.60 bits per heavy atom. The minimum Gasteiger partial charge on any atom is -0.484 e. The first-order valence-electron chi connectivity index (χ1n) is 9.02. The summed E-state index contributed by atoms with van der Waals surface area (Å²) in [7, 11) is 0. The van der Waals surface area contributed by atoms with Crippen LogP contribution in [0.1, 0.15) is 5.56 Å². The van der Waals surface area contributed by atoms with E-state index in [-0.39, 0.29) is 12.5 Å². The summed E-state index contributed by atoms with van der Waals surface area (Å²) in [4.78, 5) is 22.8. The molecule has 3 aromatic rings. The molecule has 3 N–H and O–H groups in total. The number of ether oxygens (including phenoxy) is 2. The minimum atomic E-state index is -0.542. The van der Waals surface area contributed by atoms with Crippen molar-refractivity contribution in [2.45, 2.75) is 0 Å². The van der Waals surface area contributed by atoms with Crippen LogP contribution >= 0.6 is 11.6 Å². The van der Waals surface area contributed by atoms with Gasteiger partial charge >= 0.3 is 0 Å². The molecule has 0 aromatic heterocycles. The predicted octanol–water partition coefficient (Wildman–Crippen LogP) is 4.65. The molecule has 0 atom stereocenters. The number of nitrogens with one attached hydrogen (secondary N) is 1. The molecular weight excluding hydrogens is 404 g/mol. The van der Waals surface area contributed by atoms with Gasteiger partial charge in [-0.1, -0.05) is 35.9 Å². The van der Waals surface area contributed by atoms with Gasteiger partial charge < -0.3 is 20.5 Å². The molecule has 0 saturated carbocycles. The van der Waals surface area contributed by atoms with Crippen LogP contribution in [-0.4, -0.2) is 18.4 Å². The highest BCUT2D eigenvalue weighted by Gasteiger charge is 2.03. The Balaban J connectivity index is 1.53. The van der Waals surface area contributed by atoms with E-state index in [9.17, 15) is 9.59 Å². The number of carbonyl (C=O) groups excluding carboxylic acids is 2. The molecule has 3 aromatic carbocycles. The fourth-order valence-corrected chi connectivity index (χ4v) is 2.62. The van der Waals surface area contributed by atoms with E-state index in [1.807, 2.05) is 12.1 Å². The summed E-state index contributed by atoms with van der Waals surface area (Å²) in [6.45, 7) is -0.181. The standard InChI is InChI=1S/C23H19ClN2O4/c24-20-3-1-2-4-21(20)30-19-12-8-17(9-13-19)26-23(28)14-7-16-5-10-18(11-6-16)29-15-22(25)27/h1-14H,15H2,(H2,25,27)(H,26,28)/b14-7+. The zero-order valence-electron chi connectivity index (χ0n) is 15.9. The van der Waals surface area contributed by atoms with Crippen LogP contribution in [0, 0.1) is 0 Å². The lowest BCUT2D eigenvalue weighted by Gasteiger charge is -2.08. The monoisotopic (exact) mass is 422 g/mol. The second-order valence-electron chi connectivity index (χ2n) is 6.20. The number of para-hydroxylation sites is 1. The summed E-state index contributed by atoms with van der Waals surface area (Å²) in [6.07, 6.45) is 3.09. The highest BCUT2D eigenvalue weighted by molar-refractivity contribution is 6.32. The molecule has 0 heterocycles.